The van der Waals surface area contributed by atoms with Crippen molar-refractivity contribution >= 4 is 21.7 Å². The van der Waals surface area contributed by atoms with Crippen LogP contribution in [0.25, 0.3) is 0 Å². The lowest BCUT2D eigenvalue weighted by Crippen LogP contribution is -2.34. The Morgan fingerprint density at radius 2 is 1.86 bits per heavy atom. The molecule has 0 radical (unpaired) electrons. The number of aliphatic carboxylic acids is 1. The average Bonchev–Trinajstić information content (AvgIpc) is 2.43. The van der Waals surface area contributed by atoms with Gasteiger partial charge >= 0.3 is 5.97 Å². The van der Waals surface area contributed by atoms with Crippen molar-refractivity contribution in [2.75, 3.05) is 11.5 Å². The molecule has 0 saturated heterocycles. The number of nitrogens with one attached hydrogen (secondary N) is 1. The van der Waals surface area contributed by atoms with Crippen LogP contribution >= 0.6 is 0 Å². The summed E-state index contributed by atoms with van der Waals surface area (Å²) in [7, 11) is -3.41. The zero-order chi connectivity index (χ0) is 15.9. The first-order chi connectivity index (χ1) is 9.84. The quantitative estimate of drug-likeness (QED) is 0.749. The van der Waals surface area contributed by atoms with E-state index in [0.717, 1.165) is 5.56 Å². The van der Waals surface area contributed by atoms with Crippen molar-refractivity contribution in [3.05, 3.63) is 35.9 Å². The van der Waals surface area contributed by atoms with E-state index in [1.807, 2.05) is 0 Å². The van der Waals surface area contributed by atoms with Crippen molar-refractivity contribution in [1.29, 1.82) is 0 Å². The molecule has 2 N–H and O–H groups in total. The summed E-state index contributed by atoms with van der Waals surface area (Å²) in [4.78, 5) is 22.5. The van der Waals surface area contributed by atoms with Crippen LogP contribution in [0.3, 0.4) is 0 Å². The van der Waals surface area contributed by atoms with Gasteiger partial charge in [-0.3, -0.25) is 9.59 Å². The molecule has 0 heterocycles. The van der Waals surface area contributed by atoms with Gasteiger partial charge in [-0.2, -0.15) is 0 Å². The van der Waals surface area contributed by atoms with Crippen LogP contribution in [0.5, 0.6) is 0 Å². The Kier molecular flexibility index (Phi) is 6.36. The van der Waals surface area contributed by atoms with Crippen molar-refractivity contribution in [3.8, 4) is 0 Å². The minimum Gasteiger partial charge on any atom is -0.481 e. The van der Waals surface area contributed by atoms with Crippen molar-refractivity contribution in [2.45, 2.75) is 25.8 Å². The zero-order valence-corrected chi connectivity index (χ0v) is 12.6. The van der Waals surface area contributed by atoms with Crippen LogP contribution in [0.1, 0.15) is 31.4 Å². The van der Waals surface area contributed by atoms with Gasteiger partial charge in [0.25, 0.3) is 0 Å². The lowest BCUT2D eigenvalue weighted by molar-refractivity contribution is -0.137. The van der Waals surface area contributed by atoms with E-state index < -0.39 is 33.5 Å². The highest BCUT2D eigenvalue weighted by Gasteiger charge is 2.19. The number of carboxylic acids is 1. The predicted octanol–water partition coefficient (Wildman–Crippen LogP) is 1.14. The fourth-order valence-corrected chi connectivity index (χ4v) is 2.50. The predicted molar refractivity (Wildman–Crippen MR) is 78.5 cm³/mol. The number of benzene rings is 1. The molecule has 0 saturated carbocycles. The molecule has 1 aromatic rings. The Bertz CT molecular complexity index is 583. The molecule has 1 rings (SSSR count). The molecule has 1 unspecified atom stereocenters. The van der Waals surface area contributed by atoms with Gasteiger partial charge in [0.15, 0.2) is 9.84 Å². The van der Waals surface area contributed by atoms with Crippen LogP contribution in [-0.4, -0.2) is 36.9 Å². The van der Waals surface area contributed by atoms with Crippen molar-refractivity contribution in [2.24, 2.45) is 0 Å². The van der Waals surface area contributed by atoms with E-state index in [9.17, 15) is 18.0 Å². The molecule has 0 aliphatic heterocycles. The topological polar surface area (TPSA) is 101 Å². The van der Waals surface area contributed by atoms with Gasteiger partial charge in [-0.1, -0.05) is 37.3 Å². The number of hydrogen-bond acceptors (Lipinski definition) is 4. The van der Waals surface area contributed by atoms with E-state index in [4.69, 9.17) is 5.11 Å². The molecule has 7 heteroatoms. The van der Waals surface area contributed by atoms with E-state index in [1.54, 1.807) is 30.3 Å². The van der Waals surface area contributed by atoms with Gasteiger partial charge in [-0.15, -0.1) is 0 Å². The number of carbonyl (C=O) groups excluding carboxylic acids is 1. The maximum atomic E-state index is 11.8. The van der Waals surface area contributed by atoms with E-state index >= 15 is 0 Å². The summed E-state index contributed by atoms with van der Waals surface area (Å²) in [5, 5.41) is 11.4. The lowest BCUT2D eigenvalue weighted by Gasteiger charge is -2.18. The van der Waals surface area contributed by atoms with Crippen LogP contribution in [-0.2, 0) is 19.4 Å². The fraction of sp³-hybridized carbons (Fsp3) is 0.429. The summed E-state index contributed by atoms with van der Waals surface area (Å²) in [6.45, 7) is 1.47. The third-order valence-corrected chi connectivity index (χ3v) is 4.56. The van der Waals surface area contributed by atoms with Crippen LogP contribution in [0, 0.1) is 0 Å². The summed E-state index contributed by atoms with van der Waals surface area (Å²) in [5.74, 6) is -2.27. The molecule has 0 aliphatic rings. The van der Waals surface area contributed by atoms with Crippen LogP contribution in [0.2, 0.25) is 0 Å². The third-order valence-electron chi connectivity index (χ3n) is 2.97. The Labute approximate surface area is 124 Å². The second kappa shape index (κ2) is 7.78. The first kappa shape index (κ1) is 17.2. The van der Waals surface area contributed by atoms with Crippen LogP contribution < -0.4 is 5.32 Å². The number of carboxylic acid groups (broad SMARTS) is 1. The maximum Gasteiger partial charge on any atom is 0.303 e. The maximum absolute atomic E-state index is 11.8. The number of rotatable bonds is 8. The summed E-state index contributed by atoms with van der Waals surface area (Å²) in [6.07, 6.45) is 0.0949. The van der Waals surface area contributed by atoms with E-state index in [-0.39, 0.29) is 18.6 Å². The fourth-order valence-electron chi connectivity index (χ4n) is 1.81. The lowest BCUT2D eigenvalue weighted by atomic mass is 10.0. The standard InChI is InChI=1S/C14H19NO5S/c1-2-21(19,20)10-13(16)15-12(8-9-14(17)18)11-6-4-3-5-7-11/h3-7,12H,2,8-10H2,1H3,(H,15,16)(H,17,18). The number of carbonyl (C=O) groups is 2. The molecule has 0 aromatic heterocycles. The van der Waals surface area contributed by atoms with E-state index in [1.165, 1.54) is 6.92 Å². The third kappa shape index (κ3) is 6.40. The summed E-state index contributed by atoms with van der Waals surface area (Å²) < 4.78 is 22.9. The van der Waals surface area contributed by atoms with Crippen LogP contribution in [0.4, 0.5) is 0 Å². The van der Waals surface area contributed by atoms with Crippen molar-refractivity contribution in [3.63, 3.8) is 0 Å². The van der Waals surface area contributed by atoms with Gasteiger partial charge in [-0.25, -0.2) is 8.42 Å². The monoisotopic (exact) mass is 313 g/mol. The Morgan fingerprint density at radius 1 is 1.24 bits per heavy atom. The van der Waals surface area contributed by atoms with Gasteiger partial charge in [0, 0.05) is 12.2 Å². The number of hydrogen-bond donors (Lipinski definition) is 2. The minimum absolute atomic E-state index is 0.106. The minimum atomic E-state index is -3.41. The number of amides is 1. The Hall–Kier alpha value is -1.89. The van der Waals surface area contributed by atoms with Gasteiger partial charge < -0.3 is 10.4 Å². The molecule has 1 atom stereocenters. The van der Waals surface area contributed by atoms with Gasteiger partial charge in [-0.05, 0) is 12.0 Å². The zero-order valence-electron chi connectivity index (χ0n) is 11.8. The van der Waals surface area contributed by atoms with Crippen molar-refractivity contribution in [1.82, 2.24) is 5.32 Å². The van der Waals surface area contributed by atoms with E-state index in [0.29, 0.717) is 0 Å². The average molecular weight is 313 g/mol. The SMILES string of the molecule is CCS(=O)(=O)CC(=O)NC(CCC(=O)O)c1ccccc1. The molecule has 21 heavy (non-hydrogen) atoms. The summed E-state index contributed by atoms with van der Waals surface area (Å²) in [5.41, 5.74) is 0.751. The van der Waals surface area contributed by atoms with E-state index in [2.05, 4.69) is 5.32 Å². The highest BCUT2D eigenvalue weighted by atomic mass is 32.2. The van der Waals surface area contributed by atoms with Crippen molar-refractivity contribution < 1.29 is 23.1 Å². The number of sulfone groups is 1. The summed E-state index contributed by atoms with van der Waals surface area (Å²) >= 11 is 0. The Balaban J connectivity index is 2.78. The molecule has 6 nitrogen and oxygen atoms in total. The Morgan fingerprint density at radius 3 is 2.38 bits per heavy atom. The smallest absolute Gasteiger partial charge is 0.303 e. The molecule has 1 aromatic carbocycles. The first-order valence-electron chi connectivity index (χ1n) is 6.60. The molecule has 0 aliphatic carbocycles. The summed E-state index contributed by atoms with van der Waals surface area (Å²) in [6, 6.07) is 8.38. The normalized spacial score (nSPS) is 12.6. The molecule has 0 spiro atoms. The second-order valence-electron chi connectivity index (χ2n) is 4.64. The van der Waals surface area contributed by atoms with Gasteiger partial charge in [0.2, 0.25) is 5.91 Å². The van der Waals surface area contributed by atoms with Gasteiger partial charge in [0.05, 0.1) is 6.04 Å². The van der Waals surface area contributed by atoms with Gasteiger partial charge in [0.1, 0.15) is 5.75 Å². The second-order valence-corrected chi connectivity index (χ2v) is 6.99. The largest absolute Gasteiger partial charge is 0.481 e. The molecular weight excluding hydrogens is 294 g/mol. The molecular formula is C14H19NO5S. The highest BCUT2D eigenvalue weighted by Crippen LogP contribution is 2.18. The van der Waals surface area contributed by atoms with Crippen LogP contribution in [0.15, 0.2) is 30.3 Å². The first-order valence-corrected chi connectivity index (χ1v) is 8.42. The highest BCUT2D eigenvalue weighted by molar-refractivity contribution is 7.92. The molecule has 1 amide bonds. The molecule has 116 valence electrons. The molecule has 0 fully saturated rings. The molecule has 0 bridgehead atoms.